The predicted octanol–water partition coefficient (Wildman–Crippen LogP) is 11.2. The molecule has 6 aliphatic rings. The molecule has 8 heterocycles. The van der Waals surface area contributed by atoms with Gasteiger partial charge in [0.1, 0.15) is 37.4 Å². The van der Waals surface area contributed by atoms with Gasteiger partial charge < -0.3 is 19.2 Å². The summed E-state index contributed by atoms with van der Waals surface area (Å²) in [6.45, 7) is 14.4. The van der Waals surface area contributed by atoms with Crippen LogP contribution in [0.25, 0.3) is 43.4 Å². The molecule has 0 spiro atoms. The second-order valence-corrected chi connectivity index (χ2v) is 19.6. The van der Waals surface area contributed by atoms with Crippen molar-refractivity contribution in [3.05, 3.63) is 169 Å². The Bertz CT molecular complexity index is 2580. The van der Waals surface area contributed by atoms with Crippen molar-refractivity contribution in [2.75, 3.05) is 26.2 Å². The van der Waals surface area contributed by atoms with E-state index in [1.54, 1.807) is 0 Å². The van der Waals surface area contributed by atoms with Crippen LogP contribution < -0.4 is 0 Å². The Morgan fingerprint density at radius 2 is 0.903 bits per heavy atom. The van der Waals surface area contributed by atoms with E-state index in [4.69, 9.17) is 0 Å². The number of aliphatic hydroxyl groups is 2. The molecule has 6 heteroatoms. The molecule has 13 rings (SSSR count). The Hall–Kier alpha value is -5.24. The van der Waals surface area contributed by atoms with Gasteiger partial charge >= 0.3 is 0 Å². The van der Waals surface area contributed by atoms with E-state index in [0.717, 1.165) is 107 Å². The van der Waals surface area contributed by atoms with Crippen LogP contribution in [0.4, 0.5) is 0 Å². The summed E-state index contributed by atoms with van der Waals surface area (Å²) in [6.07, 6.45) is 13.2. The van der Waals surface area contributed by atoms with E-state index in [1.807, 2.05) is 24.5 Å². The number of hydrogen-bond acceptors (Lipinski definition) is 4. The molecule has 7 aromatic rings. The molecule has 6 nitrogen and oxygen atoms in total. The fourth-order valence-corrected chi connectivity index (χ4v) is 13.8. The number of para-hydroxylation sites is 2. The van der Waals surface area contributed by atoms with Crippen molar-refractivity contribution < 1.29 is 19.2 Å². The number of benzene rings is 5. The van der Waals surface area contributed by atoms with Crippen molar-refractivity contribution in [2.24, 2.45) is 23.7 Å². The van der Waals surface area contributed by atoms with Gasteiger partial charge in [-0.05, 0) is 81.6 Å². The maximum absolute atomic E-state index is 12.7. The van der Waals surface area contributed by atoms with Crippen LogP contribution in [-0.4, -0.2) is 67.4 Å². The summed E-state index contributed by atoms with van der Waals surface area (Å²) in [4.78, 5) is 9.35. The zero-order valence-electron chi connectivity index (χ0n) is 35.9. The zero-order valence-corrected chi connectivity index (χ0v) is 35.9. The minimum atomic E-state index is -0.602. The van der Waals surface area contributed by atoms with Gasteiger partial charge in [0.25, 0.3) is 0 Å². The fraction of sp³-hybridized carbons (Fsp3) is 0.357. The van der Waals surface area contributed by atoms with E-state index in [0.29, 0.717) is 23.7 Å². The Balaban J connectivity index is 1.04. The number of pyridine rings is 2. The maximum atomic E-state index is 12.7. The summed E-state index contributed by atoms with van der Waals surface area (Å²) < 4.78 is 1.75. The highest BCUT2D eigenvalue weighted by molar-refractivity contribution is 6.05. The maximum Gasteiger partial charge on any atom is 0.131 e. The van der Waals surface area contributed by atoms with Crippen molar-refractivity contribution in [1.29, 1.82) is 0 Å². The largest absolute Gasteiger partial charge is 0.382 e. The van der Waals surface area contributed by atoms with Crippen LogP contribution in [0.2, 0.25) is 0 Å². The van der Waals surface area contributed by atoms with E-state index in [1.165, 1.54) is 45.5 Å². The highest BCUT2D eigenvalue weighted by atomic mass is 16.3. The molecular weight excluding hydrogens is 761 g/mol. The summed E-state index contributed by atoms with van der Waals surface area (Å²) >= 11 is 0. The van der Waals surface area contributed by atoms with Crippen molar-refractivity contribution in [3.8, 4) is 0 Å². The van der Waals surface area contributed by atoms with Gasteiger partial charge in [-0.3, -0.25) is 9.97 Å². The molecule has 6 fully saturated rings. The topological polar surface area (TPSA) is 66.2 Å². The number of rotatable bonds is 12. The number of allylic oxidation sites excluding steroid dienone is 2. The molecule has 5 aromatic carbocycles. The summed E-state index contributed by atoms with van der Waals surface area (Å²) in [6, 6.07) is 39.2. The molecule has 6 aliphatic heterocycles. The van der Waals surface area contributed by atoms with Crippen LogP contribution in [0.5, 0.6) is 0 Å². The molecule has 10 atom stereocenters. The first kappa shape index (κ1) is 39.6. The van der Waals surface area contributed by atoms with Crippen molar-refractivity contribution in [1.82, 2.24) is 9.97 Å². The van der Waals surface area contributed by atoms with Gasteiger partial charge in [0, 0.05) is 71.8 Å². The third kappa shape index (κ3) is 6.44. The zero-order chi connectivity index (χ0) is 42.0. The smallest absolute Gasteiger partial charge is 0.131 e. The summed E-state index contributed by atoms with van der Waals surface area (Å²) in [7, 11) is 0. The van der Waals surface area contributed by atoms with Crippen LogP contribution in [0, 0.1) is 23.7 Å². The number of aliphatic hydroxyl groups excluding tert-OH is 2. The van der Waals surface area contributed by atoms with E-state index >= 15 is 0 Å². The van der Waals surface area contributed by atoms with Crippen LogP contribution in [0.1, 0.15) is 73.0 Å². The molecule has 0 radical (unpaired) electrons. The number of fused-ring (bicyclic) bond motifs is 10. The number of nitrogens with zero attached hydrogens (tertiary/aromatic N) is 4. The fourth-order valence-electron chi connectivity index (χ4n) is 13.8. The van der Waals surface area contributed by atoms with E-state index in [9.17, 15) is 10.2 Å². The molecule has 0 saturated carbocycles. The van der Waals surface area contributed by atoms with E-state index in [2.05, 4.69) is 132 Å². The number of hydrogen-bond donors (Lipinski definition) is 2. The van der Waals surface area contributed by atoms with Crippen LogP contribution >= 0.6 is 0 Å². The monoisotopic (exact) mass is 820 g/mol. The Labute approximate surface area is 366 Å². The first-order valence-corrected chi connectivity index (χ1v) is 23.3. The molecular formula is C56H60N4O2+2. The third-order valence-corrected chi connectivity index (χ3v) is 16.7. The molecule has 2 N–H and O–H groups in total. The molecule has 4 bridgehead atoms. The van der Waals surface area contributed by atoms with Crippen molar-refractivity contribution >= 4 is 43.4 Å². The Morgan fingerprint density at radius 3 is 1.29 bits per heavy atom. The molecule has 314 valence electrons. The van der Waals surface area contributed by atoms with Crippen molar-refractivity contribution in [2.45, 2.75) is 75.9 Å². The Kier molecular flexibility index (Phi) is 10.1. The van der Waals surface area contributed by atoms with Gasteiger partial charge in [-0.1, -0.05) is 97.1 Å². The lowest BCUT2D eigenvalue weighted by Crippen LogP contribution is -2.68. The highest BCUT2D eigenvalue weighted by Crippen LogP contribution is 2.52. The number of quaternary nitrogens is 2. The lowest BCUT2D eigenvalue weighted by Gasteiger charge is -2.59. The van der Waals surface area contributed by atoms with Crippen LogP contribution in [0.3, 0.4) is 0 Å². The van der Waals surface area contributed by atoms with Gasteiger partial charge in [-0.25, -0.2) is 0 Å². The molecule has 62 heavy (non-hydrogen) atoms. The lowest BCUT2D eigenvalue weighted by atomic mass is 9.69. The summed E-state index contributed by atoms with van der Waals surface area (Å²) in [5.41, 5.74) is 6.68. The molecule has 2 aromatic heterocycles. The lowest BCUT2D eigenvalue weighted by molar-refractivity contribution is -0.985. The molecule has 8 unspecified atom stereocenters. The number of aromatic nitrogens is 2. The van der Waals surface area contributed by atoms with Gasteiger partial charge in [0.15, 0.2) is 0 Å². The van der Waals surface area contributed by atoms with E-state index < -0.39 is 12.2 Å². The minimum Gasteiger partial charge on any atom is -0.382 e. The normalized spacial score (nSPS) is 29.0. The first-order chi connectivity index (χ1) is 30.4. The highest BCUT2D eigenvalue weighted by Gasteiger charge is 2.56. The second kappa shape index (κ2) is 15.8. The van der Waals surface area contributed by atoms with Crippen LogP contribution in [0.15, 0.2) is 147 Å². The standard InChI is InChI=1S/C56H60N4O2/c1-3-13-39-33-59(29-25-37(39)31-53(59)55(61)47-23-27-57-51-21-11-9-19-45(47)51)35-49-41-15-5-7-17-43(41)50(44-18-8-6-16-42(44)49)36-60-30-26-38(40(34-60)14-4-2)32-54(60)56(62)48-24-28-58-52-22-12-10-20-46(48)52/h3-12,15-24,27-28,37-40,53-56,61-62H,1-2,13-14,25-26,29-36H2/q+2/t37?,38?,39?,40?,53?,54?,55-,56-,59?,60?/m1/s1. The average Bonchev–Trinajstić information content (AvgIpc) is 3.32. The molecule has 0 aliphatic carbocycles. The molecule has 0 amide bonds. The average molecular weight is 821 g/mol. The summed E-state index contributed by atoms with van der Waals surface area (Å²) in [5.74, 6) is 2.27. The van der Waals surface area contributed by atoms with Crippen molar-refractivity contribution in [3.63, 3.8) is 0 Å². The Morgan fingerprint density at radius 1 is 0.532 bits per heavy atom. The molecule has 6 saturated heterocycles. The number of piperidine rings is 6. The van der Waals surface area contributed by atoms with E-state index in [-0.39, 0.29) is 12.1 Å². The second-order valence-electron chi connectivity index (χ2n) is 19.6. The van der Waals surface area contributed by atoms with Crippen LogP contribution in [-0.2, 0) is 13.1 Å². The van der Waals surface area contributed by atoms with Gasteiger partial charge in [-0.2, -0.15) is 0 Å². The SMILES string of the molecule is C=CCC1C[N+]2(Cc3c4ccccc4c(C[N+]45CCC(CC4[C@H](O)c4ccnc6ccccc46)C(CC=C)C5)c4ccccc34)CCC1CC2[C@H](O)c1ccnc2ccccc12. The van der Waals surface area contributed by atoms with Gasteiger partial charge in [-0.15, -0.1) is 13.2 Å². The quantitative estimate of drug-likeness (QED) is 0.0732. The van der Waals surface area contributed by atoms with Gasteiger partial charge in [0.2, 0.25) is 0 Å². The predicted molar refractivity (Wildman–Crippen MR) is 252 cm³/mol. The summed E-state index contributed by atoms with van der Waals surface area (Å²) in [5, 5.41) is 32.8. The minimum absolute atomic E-state index is 0.0686. The van der Waals surface area contributed by atoms with Gasteiger partial charge in [0.05, 0.1) is 37.2 Å². The first-order valence-electron chi connectivity index (χ1n) is 23.3. The third-order valence-electron chi connectivity index (χ3n) is 16.7.